The summed E-state index contributed by atoms with van der Waals surface area (Å²) in [4.78, 5) is 46.8. The summed E-state index contributed by atoms with van der Waals surface area (Å²) in [5, 5.41) is 8.28. The molecular formula is C16H13BrClNO7S. The molecule has 1 aliphatic heterocycles. The molecule has 1 heterocycles. The van der Waals surface area contributed by atoms with Crippen molar-refractivity contribution in [3.8, 4) is 5.75 Å². The number of hydrogen-bond acceptors (Lipinski definition) is 7. The summed E-state index contributed by atoms with van der Waals surface area (Å²) in [6.45, 7) is 0.882. The van der Waals surface area contributed by atoms with E-state index in [0.717, 1.165) is 0 Å². The largest absolute Gasteiger partial charge is 0.480 e. The fraction of sp³-hybridized carbons (Fsp3) is 0.250. The van der Waals surface area contributed by atoms with Gasteiger partial charge in [0, 0.05) is 0 Å². The number of carboxylic acids is 1. The molecule has 144 valence electrons. The van der Waals surface area contributed by atoms with Crippen molar-refractivity contribution in [2.24, 2.45) is 0 Å². The van der Waals surface area contributed by atoms with E-state index < -0.39 is 29.6 Å². The zero-order valence-electron chi connectivity index (χ0n) is 13.9. The monoisotopic (exact) mass is 477 g/mol. The number of nitrogens with zero attached hydrogens (tertiary/aromatic N) is 1. The van der Waals surface area contributed by atoms with Gasteiger partial charge in [-0.2, -0.15) is 0 Å². The Kier molecular flexibility index (Phi) is 7.28. The van der Waals surface area contributed by atoms with Crippen molar-refractivity contribution < 1.29 is 33.8 Å². The average Bonchev–Trinajstić information content (AvgIpc) is 2.81. The van der Waals surface area contributed by atoms with Gasteiger partial charge in [-0.1, -0.05) is 11.6 Å². The standard InChI is InChI=1S/C16H13BrClNO7S/c1-2-25-13(22)7-26-14-9(17)3-8(4-10(14)18)5-11-15(23)19(6-12(20)21)16(24)27-11/h3-5H,2,6-7H2,1H3,(H,20,21)/b11-5+. The van der Waals surface area contributed by atoms with Crippen LogP contribution in [0.1, 0.15) is 12.5 Å². The Hall–Kier alpha value is -2.04. The maximum Gasteiger partial charge on any atom is 0.344 e. The van der Waals surface area contributed by atoms with E-state index in [-0.39, 0.29) is 28.9 Å². The lowest BCUT2D eigenvalue weighted by Gasteiger charge is -2.11. The Bertz CT molecular complexity index is 819. The summed E-state index contributed by atoms with van der Waals surface area (Å²) in [6, 6.07) is 3.06. The second-order valence-corrected chi connectivity index (χ2v) is 7.32. The molecule has 2 rings (SSSR count). The number of carbonyl (C=O) groups is 4. The summed E-state index contributed by atoms with van der Waals surface area (Å²) in [7, 11) is 0. The third-order valence-electron chi connectivity index (χ3n) is 3.13. The Labute approximate surface area is 171 Å². The van der Waals surface area contributed by atoms with Gasteiger partial charge >= 0.3 is 11.9 Å². The van der Waals surface area contributed by atoms with E-state index >= 15 is 0 Å². The number of thioether (sulfide) groups is 1. The first-order chi connectivity index (χ1) is 12.7. The van der Waals surface area contributed by atoms with E-state index in [1.165, 1.54) is 12.1 Å². The molecule has 0 unspecified atom stereocenters. The Morgan fingerprint density at radius 3 is 2.67 bits per heavy atom. The van der Waals surface area contributed by atoms with Crippen molar-refractivity contribution >= 4 is 68.5 Å². The summed E-state index contributed by atoms with van der Waals surface area (Å²) >= 11 is 10.1. The van der Waals surface area contributed by atoms with Crippen LogP contribution in [0.5, 0.6) is 5.75 Å². The lowest BCUT2D eigenvalue weighted by atomic mass is 10.2. The molecule has 0 radical (unpaired) electrons. The molecule has 0 aliphatic carbocycles. The highest BCUT2D eigenvalue weighted by molar-refractivity contribution is 9.10. The Morgan fingerprint density at radius 1 is 1.37 bits per heavy atom. The molecule has 1 saturated heterocycles. The smallest absolute Gasteiger partial charge is 0.344 e. The second kappa shape index (κ2) is 9.25. The molecule has 0 bridgehead atoms. The van der Waals surface area contributed by atoms with Crippen molar-refractivity contribution in [3.63, 3.8) is 0 Å². The van der Waals surface area contributed by atoms with Gasteiger partial charge in [-0.15, -0.1) is 0 Å². The third kappa shape index (κ3) is 5.47. The highest BCUT2D eigenvalue weighted by atomic mass is 79.9. The number of imide groups is 1. The Balaban J connectivity index is 2.19. The van der Waals surface area contributed by atoms with Gasteiger partial charge in [-0.3, -0.25) is 19.3 Å². The lowest BCUT2D eigenvalue weighted by molar-refractivity contribution is -0.145. The molecule has 1 aromatic rings. The molecule has 0 aromatic heterocycles. The van der Waals surface area contributed by atoms with E-state index in [2.05, 4.69) is 15.9 Å². The molecule has 11 heteroatoms. The molecule has 0 saturated carbocycles. The van der Waals surface area contributed by atoms with Crippen LogP contribution in [0.15, 0.2) is 21.5 Å². The predicted octanol–water partition coefficient (Wildman–Crippen LogP) is 3.17. The van der Waals surface area contributed by atoms with Crippen LogP contribution >= 0.6 is 39.3 Å². The number of aliphatic carboxylic acids is 1. The molecule has 2 amide bonds. The van der Waals surface area contributed by atoms with Crippen molar-refractivity contribution in [2.75, 3.05) is 19.8 Å². The molecule has 1 aliphatic rings. The third-order valence-corrected chi connectivity index (χ3v) is 4.90. The number of carboxylic acid groups (broad SMARTS) is 1. The van der Waals surface area contributed by atoms with Crippen LogP contribution < -0.4 is 4.74 Å². The van der Waals surface area contributed by atoms with E-state index in [1.54, 1.807) is 13.0 Å². The fourth-order valence-electron chi connectivity index (χ4n) is 2.06. The first-order valence-electron chi connectivity index (χ1n) is 7.47. The van der Waals surface area contributed by atoms with Gasteiger partial charge in [-0.05, 0) is 58.4 Å². The summed E-state index contributed by atoms with van der Waals surface area (Å²) in [5.74, 6) is -2.30. The SMILES string of the molecule is CCOC(=O)COc1c(Cl)cc(/C=C2/SC(=O)N(CC(=O)O)C2=O)cc1Br. The van der Waals surface area contributed by atoms with E-state index in [9.17, 15) is 19.2 Å². The molecule has 1 aromatic carbocycles. The molecule has 27 heavy (non-hydrogen) atoms. The van der Waals surface area contributed by atoms with E-state index in [1.807, 2.05) is 0 Å². The van der Waals surface area contributed by atoms with Crippen LogP contribution in [0.2, 0.25) is 5.02 Å². The van der Waals surface area contributed by atoms with Crippen molar-refractivity contribution in [1.29, 1.82) is 0 Å². The number of amides is 2. The Morgan fingerprint density at radius 2 is 2.07 bits per heavy atom. The van der Waals surface area contributed by atoms with Gasteiger partial charge in [0.2, 0.25) is 0 Å². The van der Waals surface area contributed by atoms with Crippen LogP contribution in [0.3, 0.4) is 0 Å². The molecule has 1 N–H and O–H groups in total. The van der Waals surface area contributed by atoms with Crippen molar-refractivity contribution in [2.45, 2.75) is 6.92 Å². The highest BCUT2D eigenvalue weighted by Crippen LogP contribution is 2.37. The van der Waals surface area contributed by atoms with Gasteiger partial charge in [-0.25, -0.2) is 4.79 Å². The van der Waals surface area contributed by atoms with Gasteiger partial charge in [0.25, 0.3) is 11.1 Å². The van der Waals surface area contributed by atoms with Crippen LogP contribution in [-0.2, 0) is 19.1 Å². The first-order valence-corrected chi connectivity index (χ1v) is 9.46. The minimum absolute atomic E-state index is 0.0735. The zero-order valence-corrected chi connectivity index (χ0v) is 17.0. The van der Waals surface area contributed by atoms with Crippen LogP contribution in [0.4, 0.5) is 4.79 Å². The van der Waals surface area contributed by atoms with E-state index in [0.29, 0.717) is 26.7 Å². The first kappa shape index (κ1) is 21.3. The van der Waals surface area contributed by atoms with Gasteiger partial charge in [0.05, 0.1) is 21.0 Å². The van der Waals surface area contributed by atoms with Crippen LogP contribution in [0.25, 0.3) is 6.08 Å². The maximum atomic E-state index is 12.2. The number of halogens is 2. The topological polar surface area (TPSA) is 110 Å². The van der Waals surface area contributed by atoms with Gasteiger partial charge in [0.15, 0.2) is 12.4 Å². The highest BCUT2D eigenvalue weighted by Gasteiger charge is 2.36. The molecule has 1 fully saturated rings. The number of rotatable bonds is 7. The normalized spacial score (nSPS) is 15.4. The van der Waals surface area contributed by atoms with Gasteiger partial charge in [0.1, 0.15) is 6.54 Å². The number of ether oxygens (including phenoxy) is 2. The second-order valence-electron chi connectivity index (χ2n) is 5.07. The van der Waals surface area contributed by atoms with Gasteiger partial charge < -0.3 is 14.6 Å². The lowest BCUT2D eigenvalue weighted by Crippen LogP contribution is -2.33. The zero-order chi connectivity index (χ0) is 20.1. The average molecular weight is 479 g/mol. The molecular weight excluding hydrogens is 466 g/mol. The predicted molar refractivity (Wildman–Crippen MR) is 102 cm³/mol. The number of hydrogen-bond donors (Lipinski definition) is 1. The number of carbonyl (C=O) groups excluding carboxylic acids is 3. The summed E-state index contributed by atoms with van der Waals surface area (Å²) in [5.41, 5.74) is 0.483. The summed E-state index contributed by atoms with van der Waals surface area (Å²) < 4.78 is 10.5. The maximum absolute atomic E-state index is 12.2. The van der Waals surface area contributed by atoms with Crippen LogP contribution in [0, 0.1) is 0 Å². The summed E-state index contributed by atoms with van der Waals surface area (Å²) in [6.07, 6.45) is 1.42. The van der Waals surface area contributed by atoms with Crippen LogP contribution in [-0.4, -0.2) is 52.8 Å². The molecule has 0 atom stereocenters. The van der Waals surface area contributed by atoms with Crippen molar-refractivity contribution in [3.05, 3.63) is 32.1 Å². The minimum atomic E-state index is -1.28. The number of benzene rings is 1. The molecule has 8 nitrogen and oxygen atoms in total. The van der Waals surface area contributed by atoms with E-state index in [4.69, 9.17) is 26.2 Å². The molecule has 0 spiro atoms. The number of esters is 1. The fourth-order valence-corrected chi connectivity index (χ4v) is 3.88. The quantitative estimate of drug-likeness (QED) is 0.470. The van der Waals surface area contributed by atoms with Crippen molar-refractivity contribution in [1.82, 2.24) is 4.90 Å². The minimum Gasteiger partial charge on any atom is -0.480 e.